The number of amides is 1. The summed E-state index contributed by atoms with van der Waals surface area (Å²) in [7, 11) is 3.12. The molecule has 3 N–H and O–H groups in total. The van der Waals surface area contributed by atoms with Crippen LogP contribution in [0.3, 0.4) is 0 Å². The maximum absolute atomic E-state index is 12.7. The highest BCUT2D eigenvalue weighted by Crippen LogP contribution is 2.30. The Balaban J connectivity index is 1.71. The monoisotopic (exact) mass is 372 g/mol. The summed E-state index contributed by atoms with van der Waals surface area (Å²) in [5.74, 6) is 1.67. The van der Waals surface area contributed by atoms with Crippen molar-refractivity contribution in [2.24, 2.45) is 5.73 Å². The molecule has 2 heterocycles. The average Bonchev–Trinajstić information content (AvgIpc) is 2.66. The third-order valence-electron chi connectivity index (χ3n) is 4.77. The van der Waals surface area contributed by atoms with Gasteiger partial charge in [0.15, 0.2) is 11.5 Å². The van der Waals surface area contributed by atoms with Crippen molar-refractivity contribution in [2.45, 2.75) is 32.4 Å². The number of H-pyrrole nitrogens is 1. The summed E-state index contributed by atoms with van der Waals surface area (Å²) in [6, 6.07) is 4.92. The van der Waals surface area contributed by atoms with Crippen molar-refractivity contribution in [3.8, 4) is 11.5 Å². The van der Waals surface area contributed by atoms with Crippen LogP contribution < -0.4 is 20.8 Å². The van der Waals surface area contributed by atoms with Gasteiger partial charge in [-0.1, -0.05) is 6.07 Å². The van der Waals surface area contributed by atoms with Crippen molar-refractivity contribution in [1.82, 2.24) is 14.9 Å². The number of ether oxygens (including phenoxy) is 2. The van der Waals surface area contributed by atoms with Gasteiger partial charge < -0.3 is 25.1 Å². The van der Waals surface area contributed by atoms with Crippen LogP contribution in [0.25, 0.3) is 0 Å². The number of methoxy groups -OCH3 is 2. The molecule has 1 aliphatic heterocycles. The smallest absolute Gasteiger partial charge is 0.254 e. The second kappa shape index (κ2) is 7.79. The average molecular weight is 372 g/mol. The molecule has 1 aromatic carbocycles. The van der Waals surface area contributed by atoms with Crippen LogP contribution in [0.1, 0.15) is 35.1 Å². The highest BCUT2D eigenvalue weighted by Gasteiger charge is 2.25. The van der Waals surface area contributed by atoms with E-state index >= 15 is 0 Å². The molecule has 1 atom stereocenters. The molecule has 144 valence electrons. The van der Waals surface area contributed by atoms with E-state index in [-0.39, 0.29) is 17.9 Å². The Morgan fingerprint density at radius 2 is 2.07 bits per heavy atom. The number of benzene rings is 1. The Bertz CT molecular complexity index is 909. The number of fused-ring (bicyclic) bond motifs is 1. The van der Waals surface area contributed by atoms with Crippen LogP contribution in [0.5, 0.6) is 11.5 Å². The first kappa shape index (κ1) is 18.9. The lowest BCUT2D eigenvalue weighted by molar-refractivity contribution is -0.132. The van der Waals surface area contributed by atoms with Crippen LogP contribution in [0.2, 0.25) is 0 Å². The second-order valence-electron chi connectivity index (χ2n) is 6.57. The SMILES string of the molecule is COc1ccc([C@H](N)CC(=O)N2CCc3c(nc(C)[nH]c3=O)C2)cc1OC. The maximum Gasteiger partial charge on any atom is 0.254 e. The van der Waals surface area contributed by atoms with E-state index in [1.807, 2.05) is 6.07 Å². The van der Waals surface area contributed by atoms with E-state index in [9.17, 15) is 9.59 Å². The molecule has 8 nitrogen and oxygen atoms in total. The maximum atomic E-state index is 12.7. The predicted octanol–water partition coefficient (Wildman–Crippen LogP) is 1.07. The Labute approximate surface area is 157 Å². The first-order valence-corrected chi connectivity index (χ1v) is 8.77. The number of rotatable bonds is 5. The molecule has 2 aromatic rings. The molecule has 3 rings (SSSR count). The van der Waals surface area contributed by atoms with Crippen molar-refractivity contribution in [3.05, 3.63) is 51.2 Å². The fourth-order valence-electron chi connectivity index (χ4n) is 3.30. The van der Waals surface area contributed by atoms with Gasteiger partial charge in [-0.2, -0.15) is 0 Å². The quantitative estimate of drug-likeness (QED) is 0.812. The van der Waals surface area contributed by atoms with Gasteiger partial charge >= 0.3 is 0 Å². The van der Waals surface area contributed by atoms with Gasteiger partial charge in [-0.25, -0.2) is 4.98 Å². The molecule has 0 aliphatic carbocycles. The normalized spacial score (nSPS) is 14.4. The lowest BCUT2D eigenvalue weighted by Crippen LogP contribution is -2.40. The van der Waals surface area contributed by atoms with Gasteiger partial charge in [0.05, 0.1) is 26.5 Å². The molecule has 1 aromatic heterocycles. The van der Waals surface area contributed by atoms with Crippen LogP contribution in [0, 0.1) is 6.92 Å². The summed E-state index contributed by atoms with van der Waals surface area (Å²) in [5, 5.41) is 0. The van der Waals surface area contributed by atoms with Gasteiger partial charge in [-0.15, -0.1) is 0 Å². The van der Waals surface area contributed by atoms with Gasteiger partial charge in [-0.3, -0.25) is 9.59 Å². The highest BCUT2D eigenvalue weighted by molar-refractivity contribution is 5.77. The van der Waals surface area contributed by atoms with Crippen LogP contribution in [0.4, 0.5) is 0 Å². The van der Waals surface area contributed by atoms with Crippen molar-refractivity contribution >= 4 is 5.91 Å². The number of nitrogens with zero attached hydrogens (tertiary/aromatic N) is 2. The number of aromatic amines is 1. The highest BCUT2D eigenvalue weighted by atomic mass is 16.5. The Kier molecular flexibility index (Phi) is 5.46. The summed E-state index contributed by atoms with van der Waals surface area (Å²) in [4.78, 5) is 33.5. The molecule has 0 saturated carbocycles. The Hall–Kier alpha value is -2.87. The molecule has 1 aliphatic rings. The number of hydrogen-bond acceptors (Lipinski definition) is 6. The summed E-state index contributed by atoms with van der Waals surface area (Å²) in [5.41, 5.74) is 8.25. The van der Waals surface area contributed by atoms with Crippen molar-refractivity contribution in [2.75, 3.05) is 20.8 Å². The molecule has 1 amide bonds. The third kappa shape index (κ3) is 3.95. The van der Waals surface area contributed by atoms with Crippen LogP contribution in [-0.4, -0.2) is 41.5 Å². The molecule has 0 unspecified atom stereocenters. The number of carbonyl (C=O) groups is 1. The second-order valence-corrected chi connectivity index (χ2v) is 6.57. The standard InChI is InChI=1S/C19H24N4O4/c1-11-21-15-10-23(7-6-13(15)19(25)22-11)18(24)9-14(20)12-4-5-16(26-2)17(8-12)27-3/h4-5,8,14H,6-7,9-10,20H2,1-3H3,(H,21,22,25)/t14-/m1/s1. The largest absolute Gasteiger partial charge is 0.493 e. The van der Waals surface area contributed by atoms with Crippen molar-refractivity contribution < 1.29 is 14.3 Å². The first-order valence-electron chi connectivity index (χ1n) is 8.77. The van der Waals surface area contributed by atoms with E-state index in [1.54, 1.807) is 38.2 Å². The van der Waals surface area contributed by atoms with Gasteiger partial charge in [0.2, 0.25) is 5.91 Å². The van der Waals surface area contributed by atoms with E-state index in [0.29, 0.717) is 48.1 Å². The molecular formula is C19H24N4O4. The zero-order valence-corrected chi connectivity index (χ0v) is 15.7. The summed E-state index contributed by atoms with van der Waals surface area (Å²) < 4.78 is 10.5. The zero-order valence-electron chi connectivity index (χ0n) is 15.7. The van der Waals surface area contributed by atoms with Crippen LogP contribution >= 0.6 is 0 Å². The predicted molar refractivity (Wildman–Crippen MR) is 99.8 cm³/mol. The minimum absolute atomic E-state index is 0.0670. The number of nitrogens with two attached hydrogens (primary N) is 1. The van der Waals surface area contributed by atoms with E-state index in [4.69, 9.17) is 15.2 Å². The fraction of sp³-hybridized carbons (Fsp3) is 0.421. The van der Waals surface area contributed by atoms with Crippen molar-refractivity contribution in [3.63, 3.8) is 0 Å². The molecule has 0 bridgehead atoms. The number of carbonyl (C=O) groups excluding carboxylic acids is 1. The third-order valence-corrected chi connectivity index (χ3v) is 4.77. The number of nitrogens with one attached hydrogen (secondary N) is 1. The number of aromatic nitrogens is 2. The lowest BCUT2D eigenvalue weighted by Gasteiger charge is -2.28. The van der Waals surface area contributed by atoms with Gasteiger partial charge in [0.1, 0.15) is 5.82 Å². The van der Waals surface area contributed by atoms with E-state index in [1.165, 1.54) is 0 Å². The van der Waals surface area contributed by atoms with E-state index in [2.05, 4.69) is 9.97 Å². The molecular weight excluding hydrogens is 348 g/mol. The zero-order chi connectivity index (χ0) is 19.6. The summed E-state index contributed by atoms with van der Waals surface area (Å²) in [6.45, 7) is 2.55. The fourth-order valence-corrected chi connectivity index (χ4v) is 3.30. The summed E-state index contributed by atoms with van der Waals surface area (Å²) in [6.07, 6.45) is 0.655. The Morgan fingerprint density at radius 3 is 2.78 bits per heavy atom. The van der Waals surface area contributed by atoms with Gasteiger partial charge in [0.25, 0.3) is 5.56 Å². The van der Waals surface area contributed by atoms with E-state index < -0.39 is 6.04 Å². The van der Waals surface area contributed by atoms with Gasteiger partial charge in [-0.05, 0) is 31.0 Å². The Morgan fingerprint density at radius 1 is 1.33 bits per heavy atom. The van der Waals surface area contributed by atoms with E-state index in [0.717, 1.165) is 5.56 Å². The summed E-state index contributed by atoms with van der Waals surface area (Å²) >= 11 is 0. The van der Waals surface area contributed by atoms with Gasteiger partial charge in [0, 0.05) is 24.6 Å². The minimum atomic E-state index is -0.465. The van der Waals surface area contributed by atoms with Crippen LogP contribution in [0.15, 0.2) is 23.0 Å². The van der Waals surface area contributed by atoms with Crippen molar-refractivity contribution in [1.29, 1.82) is 0 Å². The lowest BCUT2D eigenvalue weighted by atomic mass is 10.0. The first-order chi connectivity index (χ1) is 12.9. The molecule has 0 spiro atoms. The van der Waals surface area contributed by atoms with Crippen LogP contribution in [-0.2, 0) is 17.8 Å². The number of aryl methyl sites for hydroxylation is 1. The molecule has 8 heteroatoms. The number of hydrogen-bond donors (Lipinski definition) is 2. The molecule has 0 fully saturated rings. The molecule has 0 radical (unpaired) electrons. The molecule has 0 saturated heterocycles. The molecule has 27 heavy (non-hydrogen) atoms. The minimum Gasteiger partial charge on any atom is -0.493 e. The topological polar surface area (TPSA) is 111 Å².